The predicted octanol–water partition coefficient (Wildman–Crippen LogP) is 3.82. The Morgan fingerprint density at radius 3 is 2.89 bits per heavy atom. The number of alkyl halides is 3. The molecular weight excluding hydrogens is 275 g/mol. The molecule has 106 valence electrons. The van der Waals surface area contributed by atoms with Crippen molar-refractivity contribution in [1.82, 2.24) is 5.32 Å². The van der Waals surface area contributed by atoms with Crippen LogP contribution in [0.15, 0.2) is 29.2 Å². The molecule has 1 aromatic carbocycles. The monoisotopic (exact) mass is 291 g/mol. The molecule has 1 aliphatic rings. The normalized spacial score (nSPS) is 19.6. The van der Waals surface area contributed by atoms with Crippen molar-refractivity contribution in [1.29, 1.82) is 0 Å². The van der Waals surface area contributed by atoms with Crippen molar-refractivity contribution in [2.45, 2.75) is 35.7 Å². The molecule has 0 bridgehead atoms. The summed E-state index contributed by atoms with van der Waals surface area (Å²) >= 11 is -0.119. The summed E-state index contributed by atoms with van der Waals surface area (Å²) in [5.74, 6) is 0.493. The van der Waals surface area contributed by atoms with Crippen LogP contribution >= 0.6 is 11.8 Å². The fourth-order valence-electron chi connectivity index (χ4n) is 2.08. The van der Waals surface area contributed by atoms with Gasteiger partial charge < -0.3 is 10.1 Å². The van der Waals surface area contributed by atoms with Gasteiger partial charge >= 0.3 is 5.51 Å². The standard InChI is InChI=1S/C13H16F3NOS/c14-13(15,16)19-12-5-1-4-11(9-12)18-8-6-10-3-2-7-17-10/h1,4-5,9-10,17H,2-3,6-8H2. The fraction of sp³-hybridized carbons (Fsp3) is 0.538. The van der Waals surface area contributed by atoms with Crippen molar-refractivity contribution in [2.24, 2.45) is 0 Å². The third-order valence-corrected chi connectivity index (χ3v) is 3.66. The van der Waals surface area contributed by atoms with E-state index in [1.807, 2.05) is 0 Å². The molecule has 6 heteroatoms. The van der Waals surface area contributed by atoms with Crippen LogP contribution in [-0.4, -0.2) is 24.7 Å². The molecule has 0 spiro atoms. The SMILES string of the molecule is FC(F)(F)Sc1cccc(OCCC2CCCN2)c1. The van der Waals surface area contributed by atoms with Crippen molar-refractivity contribution in [3.63, 3.8) is 0 Å². The largest absolute Gasteiger partial charge is 0.493 e. The topological polar surface area (TPSA) is 21.3 Å². The van der Waals surface area contributed by atoms with Gasteiger partial charge in [-0.2, -0.15) is 13.2 Å². The van der Waals surface area contributed by atoms with E-state index in [-0.39, 0.29) is 16.7 Å². The number of benzene rings is 1. The van der Waals surface area contributed by atoms with Gasteiger partial charge in [-0.1, -0.05) is 6.07 Å². The summed E-state index contributed by atoms with van der Waals surface area (Å²) in [6.07, 6.45) is 3.21. The van der Waals surface area contributed by atoms with Crippen molar-refractivity contribution in [3.05, 3.63) is 24.3 Å². The van der Waals surface area contributed by atoms with Gasteiger partial charge in [0.2, 0.25) is 0 Å². The molecule has 1 atom stereocenters. The molecule has 0 aromatic heterocycles. The van der Waals surface area contributed by atoms with Crippen LogP contribution < -0.4 is 10.1 Å². The van der Waals surface area contributed by atoms with Gasteiger partial charge in [0, 0.05) is 10.9 Å². The van der Waals surface area contributed by atoms with Crippen LogP contribution in [0, 0.1) is 0 Å². The predicted molar refractivity (Wildman–Crippen MR) is 69.5 cm³/mol. The first kappa shape index (κ1) is 14.5. The lowest BCUT2D eigenvalue weighted by Crippen LogP contribution is -2.23. The smallest absolute Gasteiger partial charge is 0.446 e. The third kappa shape index (κ3) is 5.32. The minimum atomic E-state index is -4.26. The summed E-state index contributed by atoms with van der Waals surface area (Å²) in [6, 6.07) is 6.61. The van der Waals surface area contributed by atoms with E-state index in [0.717, 1.165) is 19.4 Å². The number of thioether (sulfide) groups is 1. The maximum atomic E-state index is 12.2. The van der Waals surface area contributed by atoms with Gasteiger partial charge in [-0.15, -0.1) is 0 Å². The Morgan fingerprint density at radius 1 is 1.37 bits per heavy atom. The van der Waals surface area contributed by atoms with E-state index in [9.17, 15) is 13.2 Å². The zero-order chi connectivity index (χ0) is 13.7. The molecule has 1 unspecified atom stereocenters. The molecule has 1 aliphatic heterocycles. The number of hydrogen-bond donors (Lipinski definition) is 1. The van der Waals surface area contributed by atoms with Crippen LogP contribution in [-0.2, 0) is 0 Å². The van der Waals surface area contributed by atoms with E-state index in [4.69, 9.17) is 4.74 Å². The first-order chi connectivity index (χ1) is 9.03. The van der Waals surface area contributed by atoms with Gasteiger partial charge in [0.15, 0.2) is 0 Å². The van der Waals surface area contributed by atoms with E-state index < -0.39 is 5.51 Å². The average molecular weight is 291 g/mol. The molecule has 19 heavy (non-hydrogen) atoms. The van der Waals surface area contributed by atoms with Gasteiger partial charge in [-0.25, -0.2) is 0 Å². The fourth-order valence-corrected chi connectivity index (χ4v) is 2.67. The number of halogens is 3. The second-order valence-electron chi connectivity index (χ2n) is 4.45. The second kappa shape index (κ2) is 6.52. The van der Waals surface area contributed by atoms with Gasteiger partial charge in [0.1, 0.15) is 5.75 Å². The maximum Gasteiger partial charge on any atom is 0.446 e. The Labute approximate surface area is 114 Å². The minimum Gasteiger partial charge on any atom is -0.493 e. The summed E-state index contributed by atoms with van der Waals surface area (Å²) in [4.78, 5) is 0.156. The Balaban J connectivity index is 1.81. The zero-order valence-corrected chi connectivity index (χ0v) is 11.2. The Hall–Kier alpha value is -0.880. The molecule has 2 rings (SSSR count). The Kier molecular flexibility index (Phi) is 4.99. The van der Waals surface area contributed by atoms with Crippen molar-refractivity contribution >= 4 is 11.8 Å². The van der Waals surface area contributed by atoms with E-state index >= 15 is 0 Å². The average Bonchev–Trinajstić information content (AvgIpc) is 2.80. The number of nitrogens with one attached hydrogen (secondary N) is 1. The lowest BCUT2D eigenvalue weighted by Gasteiger charge is -2.12. The molecule has 1 fully saturated rings. The maximum absolute atomic E-state index is 12.2. The van der Waals surface area contributed by atoms with Crippen molar-refractivity contribution < 1.29 is 17.9 Å². The first-order valence-electron chi connectivity index (χ1n) is 6.25. The van der Waals surface area contributed by atoms with Crippen LogP contribution in [0.25, 0.3) is 0 Å². The van der Waals surface area contributed by atoms with Gasteiger partial charge in [0.25, 0.3) is 0 Å². The minimum absolute atomic E-state index is 0.119. The van der Waals surface area contributed by atoms with Crippen molar-refractivity contribution in [3.8, 4) is 5.75 Å². The van der Waals surface area contributed by atoms with Crippen molar-refractivity contribution in [2.75, 3.05) is 13.2 Å². The molecule has 1 aromatic rings. The lowest BCUT2D eigenvalue weighted by molar-refractivity contribution is -0.0328. The molecule has 0 radical (unpaired) electrons. The molecule has 2 nitrogen and oxygen atoms in total. The molecular formula is C13H16F3NOS. The first-order valence-corrected chi connectivity index (χ1v) is 7.06. The third-order valence-electron chi connectivity index (χ3n) is 2.94. The Morgan fingerprint density at radius 2 is 2.21 bits per heavy atom. The summed E-state index contributed by atoms with van der Waals surface area (Å²) in [5, 5.41) is 3.35. The highest BCUT2D eigenvalue weighted by atomic mass is 32.2. The molecule has 1 N–H and O–H groups in total. The van der Waals surface area contributed by atoms with Gasteiger partial charge in [-0.05, 0) is 55.8 Å². The van der Waals surface area contributed by atoms with Crippen LogP contribution in [0.3, 0.4) is 0 Å². The molecule has 0 amide bonds. The second-order valence-corrected chi connectivity index (χ2v) is 5.59. The molecule has 1 heterocycles. The molecule has 0 aliphatic carbocycles. The zero-order valence-electron chi connectivity index (χ0n) is 10.4. The lowest BCUT2D eigenvalue weighted by atomic mass is 10.2. The Bertz CT molecular complexity index is 405. The van der Waals surface area contributed by atoms with E-state index in [1.165, 1.54) is 18.6 Å². The quantitative estimate of drug-likeness (QED) is 0.833. The van der Waals surface area contributed by atoms with Crippen LogP contribution in [0.2, 0.25) is 0 Å². The van der Waals surface area contributed by atoms with Gasteiger partial charge in [0.05, 0.1) is 6.61 Å². The summed E-state index contributed by atoms with van der Waals surface area (Å²) in [5.41, 5.74) is -4.26. The van der Waals surface area contributed by atoms with Crippen LogP contribution in [0.1, 0.15) is 19.3 Å². The highest BCUT2D eigenvalue weighted by Gasteiger charge is 2.29. The van der Waals surface area contributed by atoms with E-state index in [1.54, 1.807) is 12.1 Å². The van der Waals surface area contributed by atoms with E-state index in [2.05, 4.69) is 5.32 Å². The van der Waals surface area contributed by atoms with Crippen LogP contribution in [0.4, 0.5) is 13.2 Å². The van der Waals surface area contributed by atoms with Crippen LogP contribution in [0.5, 0.6) is 5.75 Å². The number of rotatable bonds is 5. The highest BCUT2D eigenvalue weighted by molar-refractivity contribution is 8.00. The highest BCUT2D eigenvalue weighted by Crippen LogP contribution is 2.37. The summed E-state index contributed by atoms with van der Waals surface area (Å²) in [7, 11) is 0. The summed E-state index contributed by atoms with van der Waals surface area (Å²) in [6.45, 7) is 1.57. The summed E-state index contributed by atoms with van der Waals surface area (Å²) < 4.78 is 42.2. The number of ether oxygens (including phenoxy) is 1. The van der Waals surface area contributed by atoms with E-state index in [0.29, 0.717) is 18.4 Å². The molecule has 0 saturated carbocycles. The van der Waals surface area contributed by atoms with Gasteiger partial charge in [-0.3, -0.25) is 0 Å². The number of hydrogen-bond acceptors (Lipinski definition) is 3. The molecule has 1 saturated heterocycles.